The summed E-state index contributed by atoms with van der Waals surface area (Å²) in [6, 6.07) is 23.4. The Morgan fingerprint density at radius 1 is 0.889 bits per heavy atom. The number of carbonyl (C=O) groups is 1. The number of nitrogens with zero attached hydrogens (tertiary/aromatic N) is 1. The molecular formula is C23H25N3O. The van der Waals surface area contributed by atoms with Gasteiger partial charge >= 0.3 is 0 Å². The Kier molecular flexibility index (Phi) is 6.21. The summed E-state index contributed by atoms with van der Waals surface area (Å²) in [7, 11) is 0. The van der Waals surface area contributed by atoms with Crippen LogP contribution < -0.4 is 10.6 Å². The lowest BCUT2D eigenvalue weighted by molar-refractivity contribution is -0.116. The molecule has 0 fully saturated rings. The van der Waals surface area contributed by atoms with Crippen molar-refractivity contribution in [2.75, 3.05) is 17.2 Å². The van der Waals surface area contributed by atoms with E-state index in [1.807, 2.05) is 72.8 Å². The number of aromatic nitrogens is 1. The smallest absolute Gasteiger partial charge is 0.236 e. The molecule has 0 aliphatic carbocycles. The van der Waals surface area contributed by atoms with E-state index < -0.39 is 0 Å². The van der Waals surface area contributed by atoms with Gasteiger partial charge in [0.1, 0.15) is 5.82 Å². The van der Waals surface area contributed by atoms with Crippen molar-refractivity contribution >= 4 is 17.4 Å². The lowest BCUT2D eigenvalue weighted by atomic mass is 9.90. The van der Waals surface area contributed by atoms with Gasteiger partial charge in [-0.05, 0) is 29.2 Å². The highest BCUT2D eigenvalue weighted by atomic mass is 16.1. The first-order chi connectivity index (χ1) is 13.1. The van der Waals surface area contributed by atoms with E-state index >= 15 is 0 Å². The highest BCUT2D eigenvalue weighted by Gasteiger charge is 2.22. The molecule has 0 saturated heterocycles. The Morgan fingerprint density at radius 2 is 1.48 bits per heavy atom. The molecule has 0 atom stereocenters. The van der Waals surface area contributed by atoms with Crippen LogP contribution in [0.2, 0.25) is 0 Å². The maximum Gasteiger partial charge on any atom is 0.236 e. The van der Waals surface area contributed by atoms with E-state index in [1.165, 1.54) is 0 Å². The maximum atomic E-state index is 13.1. The number of benzene rings is 2. The van der Waals surface area contributed by atoms with E-state index in [0.717, 1.165) is 23.5 Å². The molecule has 0 saturated carbocycles. The number of hydrogen-bond donors (Lipinski definition) is 2. The van der Waals surface area contributed by atoms with E-state index in [9.17, 15) is 4.79 Å². The molecule has 2 aromatic carbocycles. The quantitative estimate of drug-likeness (QED) is 0.629. The molecule has 1 heterocycles. The second-order valence-electron chi connectivity index (χ2n) is 6.95. The number of hydrogen-bond acceptors (Lipinski definition) is 3. The average molecular weight is 359 g/mol. The van der Waals surface area contributed by atoms with Gasteiger partial charge in [0.25, 0.3) is 0 Å². The zero-order valence-corrected chi connectivity index (χ0v) is 15.7. The van der Waals surface area contributed by atoms with Gasteiger partial charge in [0.15, 0.2) is 0 Å². The van der Waals surface area contributed by atoms with Crippen LogP contribution in [0, 0.1) is 5.92 Å². The lowest BCUT2D eigenvalue weighted by Crippen LogP contribution is -2.22. The first kappa shape index (κ1) is 18.6. The molecule has 0 radical (unpaired) electrons. The van der Waals surface area contributed by atoms with Crippen molar-refractivity contribution < 1.29 is 4.79 Å². The van der Waals surface area contributed by atoms with E-state index in [-0.39, 0.29) is 11.8 Å². The Bertz CT molecular complexity index is 806. The van der Waals surface area contributed by atoms with Crippen molar-refractivity contribution in [1.82, 2.24) is 4.98 Å². The summed E-state index contributed by atoms with van der Waals surface area (Å²) in [4.78, 5) is 17.4. The molecule has 138 valence electrons. The number of pyridine rings is 1. The van der Waals surface area contributed by atoms with Gasteiger partial charge in [0, 0.05) is 6.54 Å². The van der Waals surface area contributed by atoms with Crippen LogP contribution in [0.3, 0.4) is 0 Å². The monoisotopic (exact) mass is 359 g/mol. The second kappa shape index (κ2) is 8.99. The van der Waals surface area contributed by atoms with Gasteiger partial charge in [-0.1, -0.05) is 74.5 Å². The van der Waals surface area contributed by atoms with E-state index in [2.05, 4.69) is 29.5 Å². The third-order valence-electron chi connectivity index (χ3n) is 4.25. The summed E-state index contributed by atoms with van der Waals surface area (Å²) in [5, 5.41) is 6.28. The third kappa shape index (κ3) is 5.17. The Morgan fingerprint density at radius 3 is 1.96 bits per heavy atom. The van der Waals surface area contributed by atoms with Crippen molar-refractivity contribution in [3.8, 4) is 0 Å². The normalized spacial score (nSPS) is 10.8. The molecule has 3 rings (SSSR count). The average Bonchev–Trinajstić information content (AvgIpc) is 2.69. The molecule has 27 heavy (non-hydrogen) atoms. The second-order valence-corrected chi connectivity index (χ2v) is 6.95. The molecule has 1 aromatic heterocycles. The van der Waals surface area contributed by atoms with Crippen LogP contribution in [0.5, 0.6) is 0 Å². The van der Waals surface area contributed by atoms with Crippen molar-refractivity contribution in [1.29, 1.82) is 0 Å². The fourth-order valence-electron chi connectivity index (χ4n) is 2.88. The minimum atomic E-state index is -0.369. The van der Waals surface area contributed by atoms with Gasteiger partial charge in [-0.2, -0.15) is 0 Å². The highest BCUT2D eigenvalue weighted by Crippen LogP contribution is 2.26. The standard InChI is InChI=1S/C23H25N3O/c1-17(2)15-24-21-14-13-20(16-25-21)26-23(27)22(18-9-5-3-6-10-18)19-11-7-4-8-12-19/h3-14,16-17,22H,15H2,1-2H3,(H,24,25)(H,26,27). The Balaban J connectivity index is 1.77. The first-order valence-corrected chi connectivity index (χ1v) is 9.24. The molecule has 0 aliphatic rings. The van der Waals surface area contributed by atoms with Gasteiger partial charge in [0.2, 0.25) is 5.91 Å². The van der Waals surface area contributed by atoms with E-state index in [4.69, 9.17) is 0 Å². The maximum absolute atomic E-state index is 13.1. The molecule has 0 unspecified atom stereocenters. The lowest BCUT2D eigenvalue weighted by Gasteiger charge is -2.18. The molecule has 2 N–H and O–H groups in total. The zero-order valence-electron chi connectivity index (χ0n) is 15.7. The number of amides is 1. The van der Waals surface area contributed by atoms with Gasteiger partial charge < -0.3 is 10.6 Å². The minimum Gasteiger partial charge on any atom is -0.370 e. The summed E-state index contributed by atoms with van der Waals surface area (Å²) in [6.45, 7) is 5.16. The van der Waals surface area contributed by atoms with Crippen LogP contribution in [0.1, 0.15) is 30.9 Å². The summed E-state index contributed by atoms with van der Waals surface area (Å²) < 4.78 is 0. The summed E-state index contributed by atoms with van der Waals surface area (Å²) in [5.74, 6) is 0.913. The Labute approximate surface area is 160 Å². The van der Waals surface area contributed by atoms with Crippen LogP contribution in [-0.2, 0) is 4.79 Å². The third-order valence-corrected chi connectivity index (χ3v) is 4.25. The number of rotatable bonds is 7. The van der Waals surface area contributed by atoms with Crippen molar-refractivity contribution in [2.45, 2.75) is 19.8 Å². The SMILES string of the molecule is CC(C)CNc1ccc(NC(=O)C(c2ccccc2)c2ccccc2)cn1. The Hall–Kier alpha value is -3.14. The molecule has 4 nitrogen and oxygen atoms in total. The van der Waals surface area contributed by atoms with Crippen LogP contribution in [0.4, 0.5) is 11.5 Å². The largest absolute Gasteiger partial charge is 0.370 e. The minimum absolute atomic E-state index is 0.0721. The van der Waals surface area contributed by atoms with Crippen molar-refractivity contribution in [3.63, 3.8) is 0 Å². The number of carbonyl (C=O) groups excluding carboxylic acids is 1. The van der Waals surface area contributed by atoms with Gasteiger partial charge in [-0.25, -0.2) is 4.98 Å². The highest BCUT2D eigenvalue weighted by molar-refractivity contribution is 5.98. The molecule has 0 spiro atoms. The van der Waals surface area contributed by atoms with Gasteiger partial charge in [0.05, 0.1) is 17.8 Å². The molecular weight excluding hydrogens is 334 g/mol. The van der Waals surface area contributed by atoms with Gasteiger partial charge in [-0.15, -0.1) is 0 Å². The molecule has 1 amide bonds. The van der Waals surface area contributed by atoms with Gasteiger partial charge in [-0.3, -0.25) is 4.79 Å². The molecule has 0 bridgehead atoms. The number of nitrogens with one attached hydrogen (secondary N) is 2. The van der Waals surface area contributed by atoms with Crippen molar-refractivity contribution in [3.05, 3.63) is 90.1 Å². The fourth-order valence-corrected chi connectivity index (χ4v) is 2.88. The van der Waals surface area contributed by atoms with E-state index in [0.29, 0.717) is 11.6 Å². The summed E-state index contributed by atoms with van der Waals surface area (Å²) in [5.41, 5.74) is 2.61. The number of anilines is 2. The predicted molar refractivity (Wildman–Crippen MR) is 111 cm³/mol. The van der Waals surface area contributed by atoms with Crippen LogP contribution >= 0.6 is 0 Å². The topological polar surface area (TPSA) is 54.0 Å². The van der Waals surface area contributed by atoms with E-state index in [1.54, 1.807) is 6.20 Å². The van der Waals surface area contributed by atoms with Crippen LogP contribution in [-0.4, -0.2) is 17.4 Å². The first-order valence-electron chi connectivity index (χ1n) is 9.24. The van der Waals surface area contributed by atoms with Crippen LogP contribution in [0.25, 0.3) is 0 Å². The predicted octanol–water partition coefficient (Wildman–Crippen LogP) is 4.92. The van der Waals surface area contributed by atoms with Crippen LogP contribution in [0.15, 0.2) is 79.0 Å². The zero-order chi connectivity index (χ0) is 19.1. The summed E-state index contributed by atoms with van der Waals surface area (Å²) in [6.07, 6.45) is 1.69. The molecule has 3 aromatic rings. The van der Waals surface area contributed by atoms with Crippen molar-refractivity contribution in [2.24, 2.45) is 5.92 Å². The summed E-state index contributed by atoms with van der Waals surface area (Å²) >= 11 is 0. The fraction of sp³-hybridized carbons (Fsp3) is 0.217. The molecule has 0 aliphatic heterocycles. The molecule has 4 heteroatoms.